The van der Waals surface area contributed by atoms with Crippen LogP contribution >= 0.6 is 0 Å². The molecule has 0 radical (unpaired) electrons. The van der Waals surface area contributed by atoms with Crippen molar-refractivity contribution in [3.8, 4) is 17.6 Å². The number of aromatic nitrogens is 1. The molecule has 0 N–H and O–H groups in total. The number of rotatable bonds is 7. The standard InChI is InChI=1S/C20H19F4NO/c1-2-3-4-5-16-7-11-17(25-14-16)10-6-15-8-12-18(13-9-15)26-20(23,24)19(21)22/h7-9,11-14,19H,2-5H2,1H3. The molecule has 6 heteroatoms. The second-order valence-electron chi connectivity index (χ2n) is 5.75. The summed E-state index contributed by atoms with van der Waals surface area (Å²) in [6.45, 7) is 2.15. The number of aryl methyl sites for hydroxylation is 1. The Morgan fingerprint density at radius 2 is 1.77 bits per heavy atom. The van der Waals surface area contributed by atoms with Gasteiger partial charge in [-0.3, -0.25) is 0 Å². The van der Waals surface area contributed by atoms with E-state index in [0.29, 0.717) is 11.3 Å². The fourth-order valence-electron chi connectivity index (χ4n) is 2.17. The maximum Gasteiger partial charge on any atom is 0.461 e. The molecule has 0 amide bonds. The van der Waals surface area contributed by atoms with Gasteiger partial charge in [-0.2, -0.15) is 17.6 Å². The third-order valence-electron chi connectivity index (χ3n) is 3.59. The minimum absolute atomic E-state index is 0.351. The number of alkyl halides is 4. The molecule has 2 rings (SSSR count). The van der Waals surface area contributed by atoms with Crippen molar-refractivity contribution in [1.82, 2.24) is 4.98 Å². The predicted molar refractivity (Wildman–Crippen MR) is 91.5 cm³/mol. The number of ether oxygens (including phenoxy) is 1. The lowest BCUT2D eigenvalue weighted by Gasteiger charge is -2.16. The molecule has 0 spiro atoms. The smallest absolute Gasteiger partial charge is 0.428 e. The SMILES string of the molecule is CCCCCc1ccc(C#Cc2ccc(OC(F)(F)C(F)F)cc2)nc1. The third kappa shape index (κ3) is 6.07. The summed E-state index contributed by atoms with van der Waals surface area (Å²) in [6.07, 6.45) is -2.15. The molecule has 0 fully saturated rings. The molecule has 0 aliphatic heterocycles. The van der Waals surface area contributed by atoms with E-state index >= 15 is 0 Å². The van der Waals surface area contributed by atoms with Gasteiger partial charge >= 0.3 is 12.5 Å². The van der Waals surface area contributed by atoms with E-state index in [1.807, 2.05) is 12.1 Å². The van der Waals surface area contributed by atoms with Crippen LogP contribution in [0.3, 0.4) is 0 Å². The van der Waals surface area contributed by atoms with Crippen LogP contribution in [-0.2, 0) is 6.42 Å². The van der Waals surface area contributed by atoms with Gasteiger partial charge in [-0.15, -0.1) is 0 Å². The fraction of sp³-hybridized carbons (Fsp3) is 0.350. The Balaban J connectivity index is 1.97. The molecule has 0 aliphatic carbocycles. The Morgan fingerprint density at radius 1 is 1.04 bits per heavy atom. The molecule has 0 aliphatic rings. The molecule has 26 heavy (non-hydrogen) atoms. The molecule has 0 unspecified atom stereocenters. The van der Waals surface area contributed by atoms with Crippen LogP contribution in [0.4, 0.5) is 17.6 Å². The quantitative estimate of drug-likeness (QED) is 0.370. The van der Waals surface area contributed by atoms with Crippen LogP contribution in [0.25, 0.3) is 0 Å². The molecule has 0 atom stereocenters. The van der Waals surface area contributed by atoms with Crippen LogP contribution < -0.4 is 4.74 Å². The molecule has 0 saturated carbocycles. The normalized spacial score (nSPS) is 11.2. The van der Waals surface area contributed by atoms with Gasteiger partial charge in [0.25, 0.3) is 0 Å². The molecule has 1 aromatic carbocycles. The van der Waals surface area contributed by atoms with Crippen molar-refractivity contribution in [1.29, 1.82) is 0 Å². The van der Waals surface area contributed by atoms with E-state index in [-0.39, 0.29) is 5.75 Å². The van der Waals surface area contributed by atoms with Crippen LogP contribution in [-0.4, -0.2) is 17.5 Å². The van der Waals surface area contributed by atoms with E-state index < -0.39 is 12.5 Å². The molecule has 2 nitrogen and oxygen atoms in total. The molecule has 1 heterocycles. The average molecular weight is 365 g/mol. The van der Waals surface area contributed by atoms with E-state index in [9.17, 15) is 17.6 Å². The number of hydrogen-bond donors (Lipinski definition) is 0. The van der Waals surface area contributed by atoms with E-state index in [4.69, 9.17) is 0 Å². The summed E-state index contributed by atoms with van der Waals surface area (Å²) < 4.78 is 53.8. The lowest BCUT2D eigenvalue weighted by Crippen LogP contribution is -2.33. The second-order valence-corrected chi connectivity index (χ2v) is 5.75. The van der Waals surface area contributed by atoms with Crippen LogP contribution in [0.15, 0.2) is 42.6 Å². The number of hydrogen-bond acceptors (Lipinski definition) is 2. The minimum Gasteiger partial charge on any atom is -0.428 e. The summed E-state index contributed by atoms with van der Waals surface area (Å²) in [6, 6.07) is 8.99. The summed E-state index contributed by atoms with van der Waals surface area (Å²) in [5, 5.41) is 0. The number of benzene rings is 1. The zero-order chi connectivity index (χ0) is 19.0. The summed E-state index contributed by atoms with van der Waals surface area (Å²) in [4.78, 5) is 4.28. The van der Waals surface area contributed by atoms with Crippen LogP contribution in [0.5, 0.6) is 5.75 Å². The molecule has 138 valence electrons. The highest BCUT2D eigenvalue weighted by Gasteiger charge is 2.43. The molecular weight excluding hydrogens is 346 g/mol. The fourth-order valence-corrected chi connectivity index (χ4v) is 2.17. The highest BCUT2D eigenvalue weighted by Crippen LogP contribution is 2.27. The minimum atomic E-state index is -4.52. The Morgan fingerprint density at radius 3 is 2.35 bits per heavy atom. The van der Waals surface area contributed by atoms with Crippen LogP contribution in [0.1, 0.15) is 43.0 Å². The van der Waals surface area contributed by atoms with E-state index in [0.717, 1.165) is 18.4 Å². The number of halogens is 4. The lowest BCUT2D eigenvalue weighted by atomic mass is 10.1. The third-order valence-corrected chi connectivity index (χ3v) is 3.59. The molecule has 2 aromatic rings. The Bertz CT molecular complexity index is 746. The van der Waals surface area contributed by atoms with Gasteiger partial charge in [0, 0.05) is 11.8 Å². The van der Waals surface area contributed by atoms with Gasteiger partial charge in [0.05, 0.1) is 0 Å². The summed E-state index contributed by atoms with van der Waals surface area (Å²) >= 11 is 0. The second kappa shape index (κ2) is 9.23. The zero-order valence-electron chi connectivity index (χ0n) is 14.3. The van der Waals surface area contributed by atoms with Crippen LogP contribution in [0, 0.1) is 11.8 Å². The van der Waals surface area contributed by atoms with Gasteiger partial charge in [-0.25, -0.2) is 4.98 Å². The molecule has 0 bridgehead atoms. The van der Waals surface area contributed by atoms with Crippen molar-refractivity contribution in [3.05, 3.63) is 59.4 Å². The van der Waals surface area contributed by atoms with Gasteiger partial charge < -0.3 is 4.74 Å². The number of unbranched alkanes of at least 4 members (excludes halogenated alkanes) is 2. The lowest BCUT2D eigenvalue weighted by molar-refractivity contribution is -0.253. The average Bonchev–Trinajstić information content (AvgIpc) is 2.62. The largest absolute Gasteiger partial charge is 0.461 e. The first-order valence-corrected chi connectivity index (χ1v) is 8.32. The van der Waals surface area contributed by atoms with Gasteiger partial charge in [0.15, 0.2) is 0 Å². The first-order valence-electron chi connectivity index (χ1n) is 8.32. The van der Waals surface area contributed by atoms with Crippen molar-refractivity contribution in [2.45, 2.75) is 45.1 Å². The van der Waals surface area contributed by atoms with Crippen molar-refractivity contribution in [2.75, 3.05) is 0 Å². The Labute approximate surface area is 150 Å². The summed E-state index contributed by atoms with van der Waals surface area (Å²) in [5.74, 6) is 5.36. The van der Waals surface area contributed by atoms with E-state index in [1.54, 1.807) is 6.20 Å². The molecular formula is C20H19F4NO. The van der Waals surface area contributed by atoms with Gasteiger partial charge in [-0.1, -0.05) is 31.8 Å². The number of nitrogens with zero attached hydrogens (tertiary/aromatic N) is 1. The molecule has 0 saturated heterocycles. The van der Waals surface area contributed by atoms with E-state index in [1.165, 1.54) is 37.1 Å². The van der Waals surface area contributed by atoms with Gasteiger partial charge in [0.1, 0.15) is 11.4 Å². The predicted octanol–water partition coefficient (Wildman–Crippen LogP) is 5.45. The summed E-state index contributed by atoms with van der Waals surface area (Å²) in [7, 11) is 0. The Kier molecular flexibility index (Phi) is 7.02. The van der Waals surface area contributed by atoms with Crippen molar-refractivity contribution in [3.63, 3.8) is 0 Å². The van der Waals surface area contributed by atoms with Gasteiger partial charge in [0.2, 0.25) is 0 Å². The monoisotopic (exact) mass is 365 g/mol. The Hall–Kier alpha value is -2.55. The van der Waals surface area contributed by atoms with E-state index in [2.05, 4.69) is 28.5 Å². The number of pyridine rings is 1. The van der Waals surface area contributed by atoms with Crippen molar-refractivity contribution >= 4 is 0 Å². The van der Waals surface area contributed by atoms with Crippen molar-refractivity contribution < 1.29 is 22.3 Å². The first kappa shape index (κ1) is 19.8. The highest BCUT2D eigenvalue weighted by molar-refractivity contribution is 5.42. The maximum absolute atomic E-state index is 12.8. The van der Waals surface area contributed by atoms with Gasteiger partial charge in [-0.05, 0) is 54.7 Å². The highest BCUT2D eigenvalue weighted by atomic mass is 19.3. The first-order chi connectivity index (χ1) is 12.4. The summed E-state index contributed by atoms with van der Waals surface area (Å²) in [5.41, 5.74) is 2.28. The zero-order valence-corrected chi connectivity index (χ0v) is 14.3. The van der Waals surface area contributed by atoms with Crippen LogP contribution in [0.2, 0.25) is 0 Å². The maximum atomic E-state index is 12.8. The topological polar surface area (TPSA) is 22.1 Å². The van der Waals surface area contributed by atoms with Crippen molar-refractivity contribution in [2.24, 2.45) is 0 Å². The molecule has 1 aromatic heterocycles.